The van der Waals surface area contributed by atoms with Gasteiger partial charge >= 0.3 is 0 Å². The second kappa shape index (κ2) is 9.54. The predicted octanol–water partition coefficient (Wildman–Crippen LogP) is 4.10. The van der Waals surface area contributed by atoms with Crippen molar-refractivity contribution in [3.05, 3.63) is 83.6 Å². The van der Waals surface area contributed by atoms with Crippen LogP contribution in [0.15, 0.2) is 60.8 Å². The molecule has 7 heteroatoms. The molecular weight excluding hydrogens is 410 g/mol. The van der Waals surface area contributed by atoms with Crippen LogP contribution in [0, 0.1) is 11.6 Å². The lowest BCUT2D eigenvalue weighted by Gasteiger charge is -2.32. The summed E-state index contributed by atoms with van der Waals surface area (Å²) < 4.78 is 28.3. The summed E-state index contributed by atoms with van der Waals surface area (Å²) in [7, 11) is 1.54. The van der Waals surface area contributed by atoms with Gasteiger partial charge in [-0.25, -0.2) is 8.78 Å². The lowest BCUT2D eigenvalue weighted by Crippen LogP contribution is -2.48. The van der Waals surface area contributed by atoms with Gasteiger partial charge in [0.15, 0.2) is 0 Å². The number of amides is 1. The summed E-state index contributed by atoms with van der Waals surface area (Å²) in [6, 6.07) is 14.8. The van der Waals surface area contributed by atoms with E-state index < -0.39 is 5.82 Å². The van der Waals surface area contributed by atoms with Crippen molar-refractivity contribution in [3.8, 4) is 11.3 Å². The molecule has 2 aromatic carbocycles. The molecular formula is C25H26F2N4O. The summed E-state index contributed by atoms with van der Waals surface area (Å²) in [4.78, 5) is 20.7. The Hall–Kier alpha value is -3.16. The maximum Gasteiger partial charge on any atom is 0.259 e. The first-order chi connectivity index (χ1) is 15.4. The summed E-state index contributed by atoms with van der Waals surface area (Å²) in [6.45, 7) is 5.57. The number of aromatic nitrogens is 1. The number of benzene rings is 2. The van der Waals surface area contributed by atoms with Crippen molar-refractivity contribution >= 4 is 11.6 Å². The molecule has 1 aliphatic rings. The SMILES string of the molecule is C[C@H]1CN(Cc2ccc(N(C)C(=O)c3ccc(-c4cccc(F)c4)nc3)c(F)c2)CCN1. The summed E-state index contributed by atoms with van der Waals surface area (Å²) in [5.74, 6) is -1.16. The van der Waals surface area contributed by atoms with E-state index in [1.165, 1.54) is 29.3 Å². The van der Waals surface area contributed by atoms with Gasteiger partial charge in [0.1, 0.15) is 11.6 Å². The van der Waals surface area contributed by atoms with E-state index in [1.807, 2.05) is 6.07 Å². The number of carbonyl (C=O) groups is 1. The zero-order chi connectivity index (χ0) is 22.7. The number of piperazine rings is 1. The molecule has 2 heterocycles. The van der Waals surface area contributed by atoms with Gasteiger partial charge in [-0.3, -0.25) is 14.7 Å². The Morgan fingerprint density at radius 1 is 1.19 bits per heavy atom. The maximum atomic E-state index is 14.9. The molecule has 0 bridgehead atoms. The van der Waals surface area contributed by atoms with Crippen molar-refractivity contribution in [2.24, 2.45) is 0 Å². The van der Waals surface area contributed by atoms with Gasteiger partial charge in [0.05, 0.1) is 16.9 Å². The van der Waals surface area contributed by atoms with E-state index in [9.17, 15) is 13.6 Å². The second-order valence-corrected chi connectivity index (χ2v) is 8.18. The molecule has 1 fully saturated rings. The molecule has 1 amide bonds. The molecule has 32 heavy (non-hydrogen) atoms. The van der Waals surface area contributed by atoms with E-state index in [1.54, 1.807) is 37.4 Å². The molecule has 3 aromatic rings. The molecule has 1 N–H and O–H groups in total. The van der Waals surface area contributed by atoms with Gasteiger partial charge in [-0.05, 0) is 48.9 Å². The van der Waals surface area contributed by atoms with Crippen LogP contribution in [0.4, 0.5) is 14.5 Å². The fourth-order valence-electron chi connectivity index (χ4n) is 3.98. The van der Waals surface area contributed by atoms with Crippen LogP contribution in [-0.4, -0.2) is 48.5 Å². The van der Waals surface area contributed by atoms with Gasteiger partial charge in [-0.1, -0.05) is 18.2 Å². The van der Waals surface area contributed by atoms with Gasteiger partial charge in [-0.15, -0.1) is 0 Å². The standard InChI is InChI=1S/C25H26F2N4O/c1-17-15-31(11-10-28-17)16-18-6-9-24(22(27)12-18)30(2)25(32)20-7-8-23(29-14-20)19-4-3-5-21(26)13-19/h3-9,12-14,17,28H,10-11,15-16H2,1-2H3/t17-/m0/s1. The molecule has 0 unspecified atom stereocenters. The minimum atomic E-state index is -0.439. The van der Waals surface area contributed by atoms with Crippen LogP contribution in [0.3, 0.4) is 0 Å². The second-order valence-electron chi connectivity index (χ2n) is 8.18. The molecule has 0 radical (unpaired) electrons. The number of carbonyl (C=O) groups excluding carboxylic acids is 1. The number of hydrogen-bond donors (Lipinski definition) is 1. The third kappa shape index (κ3) is 5.00. The number of nitrogens with one attached hydrogen (secondary N) is 1. The lowest BCUT2D eigenvalue weighted by molar-refractivity contribution is 0.0992. The third-order valence-electron chi connectivity index (χ3n) is 5.67. The number of rotatable bonds is 5. The van der Waals surface area contributed by atoms with Crippen molar-refractivity contribution in [1.82, 2.24) is 15.2 Å². The zero-order valence-electron chi connectivity index (χ0n) is 18.2. The fourth-order valence-corrected chi connectivity index (χ4v) is 3.98. The fraction of sp³-hybridized carbons (Fsp3) is 0.280. The molecule has 1 atom stereocenters. The molecule has 0 saturated carbocycles. The Labute approximate surface area is 186 Å². The largest absolute Gasteiger partial charge is 0.312 e. The van der Waals surface area contributed by atoms with Crippen molar-refractivity contribution < 1.29 is 13.6 Å². The average Bonchev–Trinajstić information content (AvgIpc) is 2.78. The van der Waals surface area contributed by atoms with E-state index >= 15 is 0 Å². The van der Waals surface area contributed by atoms with Crippen LogP contribution in [0.1, 0.15) is 22.8 Å². The van der Waals surface area contributed by atoms with Crippen molar-refractivity contribution in [1.29, 1.82) is 0 Å². The van der Waals surface area contributed by atoms with E-state index in [0.29, 0.717) is 29.4 Å². The zero-order valence-corrected chi connectivity index (χ0v) is 18.2. The molecule has 0 spiro atoms. The Morgan fingerprint density at radius 3 is 2.72 bits per heavy atom. The number of anilines is 1. The Bertz CT molecular complexity index is 1100. The molecule has 1 aliphatic heterocycles. The van der Waals surface area contributed by atoms with E-state index in [2.05, 4.69) is 22.1 Å². The Kier molecular flexibility index (Phi) is 6.58. The molecule has 4 rings (SSSR count). The summed E-state index contributed by atoms with van der Waals surface area (Å²) >= 11 is 0. The molecule has 5 nitrogen and oxygen atoms in total. The predicted molar refractivity (Wildman–Crippen MR) is 122 cm³/mol. The number of nitrogens with zero attached hydrogens (tertiary/aromatic N) is 3. The number of pyridine rings is 1. The van der Waals surface area contributed by atoms with Crippen LogP contribution >= 0.6 is 0 Å². The van der Waals surface area contributed by atoms with Crippen molar-refractivity contribution in [2.45, 2.75) is 19.5 Å². The van der Waals surface area contributed by atoms with Gasteiger partial charge in [0.25, 0.3) is 5.91 Å². The van der Waals surface area contributed by atoms with E-state index in [4.69, 9.17) is 0 Å². The quantitative estimate of drug-likeness (QED) is 0.654. The highest BCUT2D eigenvalue weighted by Crippen LogP contribution is 2.23. The smallest absolute Gasteiger partial charge is 0.259 e. The normalized spacial score (nSPS) is 16.7. The van der Waals surface area contributed by atoms with Gasteiger partial charge in [0.2, 0.25) is 0 Å². The summed E-state index contributed by atoms with van der Waals surface area (Å²) in [6.07, 6.45) is 1.43. The van der Waals surface area contributed by atoms with E-state index in [0.717, 1.165) is 25.2 Å². The lowest BCUT2D eigenvalue weighted by atomic mass is 10.1. The number of halogens is 2. The first-order valence-electron chi connectivity index (χ1n) is 10.6. The van der Waals surface area contributed by atoms with Gasteiger partial charge < -0.3 is 10.2 Å². The maximum absolute atomic E-state index is 14.9. The third-order valence-corrected chi connectivity index (χ3v) is 5.67. The summed E-state index contributed by atoms with van der Waals surface area (Å²) in [5, 5.41) is 3.39. The Balaban J connectivity index is 1.46. The first kappa shape index (κ1) is 22.0. The monoisotopic (exact) mass is 436 g/mol. The highest BCUT2D eigenvalue weighted by molar-refractivity contribution is 6.05. The van der Waals surface area contributed by atoms with Crippen LogP contribution in [-0.2, 0) is 6.54 Å². The van der Waals surface area contributed by atoms with E-state index in [-0.39, 0.29) is 17.4 Å². The first-order valence-corrected chi connectivity index (χ1v) is 10.6. The molecule has 1 saturated heterocycles. The summed E-state index contributed by atoms with van der Waals surface area (Å²) in [5.41, 5.74) is 2.59. The highest BCUT2D eigenvalue weighted by atomic mass is 19.1. The van der Waals surface area contributed by atoms with Gasteiger partial charge in [-0.2, -0.15) is 0 Å². The van der Waals surface area contributed by atoms with Crippen LogP contribution in [0.25, 0.3) is 11.3 Å². The number of hydrogen-bond acceptors (Lipinski definition) is 4. The van der Waals surface area contributed by atoms with Crippen molar-refractivity contribution in [3.63, 3.8) is 0 Å². The van der Waals surface area contributed by atoms with Crippen molar-refractivity contribution in [2.75, 3.05) is 31.6 Å². The highest BCUT2D eigenvalue weighted by Gasteiger charge is 2.19. The Morgan fingerprint density at radius 2 is 2.03 bits per heavy atom. The molecule has 166 valence electrons. The van der Waals surface area contributed by atoms with Crippen LogP contribution in [0.5, 0.6) is 0 Å². The van der Waals surface area contributed by atoms with Crippen LogP contribution in [0.2, 0.25) is 0 Å². The van der Waals surface area contributed by atoms with Gasteiger partial charge in [0, 0.05) is 51.0 Å². The minimum absolute atomic E-state index is 0.210. The molecule has 0 aliphatic carbocycles. The molecule has 1 aromatic heterocycles. The van der Waals surface area contributed by atoms with Crippen LogP contribution < -0.4 is 10.2 Å². The topological polar surface area (TPSA) is 48.5 Å². The average molecular weight is 437 g/mol. The minimum Gasteiger partial charge on any atom is -0.312 e.